The second-order valence-corrected chi connectivity index (χ2v) is 7.09. The molecule has 0 aromatic carbocycles. The molecule has 0 bridgehead atoms. The molecule has 1 aromatic rings. The molecular weight excluding hydrogens is 320 g/mol. The largest absolute Gasteiger partial charge is 0.448 e. The van der Waals surface area contributed by atoms with Gasteiger partial charge in [-0.2, -0.15) is 0 Å². The highest BCUT2D eigenvalue weighted by Crippen LogP contribution is 2.18. The highest BCUT2D eigenvalue weighted by Gasteiger charge is 2.28. The number of likely N-dealkylation sites (N-methyl/N-ethyl adjacent to an activating group) is 1. The van der Waals surface area contributed by atoms with Crippen molar-refractivity contribution in [1.29, 1.82) is 0 Å². The van der Waals surface area contributed by atoms with Crippen LogP contribution in [0.1, 0.15) is 35.6 Å². The number of ether oxygens (including phenoxy) is 1. The molecule has 3 heterocycles. The lowest BCUT2D eigenvalue weighted by atomic mass is 10.1. The third-order valence-corrected chi connectivity index (χ3v) is 5.20. The monoisotopic (exact) mass is 350 g/mol. The summed E-state index contributed by atoms with van der Waals surface area (Å²) >= 11 is 0. The van der Waals surface area contributed by atoms with Crippen molar-refractivity contribution in [3.05, 3.63) is 17.8 Å². The second kappa shape index (κ2) is 8.78. The lowest BCUT2D eigenvalue weighted by molar-refractivity contribution is 0.0272. The summed E-state index contributed by atoms with van der Waals surface area (Å²) in [5.74, 6) is 0.523. The van der Waals surface area contributed by atoms with Crippen LogP contribution in [0.5, 0.6) is 0 Å². The molecule has 2 aliphatic rings. The van der Waals surface area contributed by atoms with Crippen LogP contribution in [0.3, 0.4) is 0 Å². The van der Waals surface area contributed by atoms with Gasteiger partial charge in [0.05, 0.1) is 0 Å². The van der Waals surface area contributed by atoms with E-state index in [0.29, 0.717) is 11.6 Å². The first-order valence-corrected chi connectivity index (χ1v) is 9.35. The van der Waals surface area contributed by atoms with Crippen LogP contribution < -0.4 is 0 Å². The van der Waals surface area contributed by atoms with Gasteiger partial charge in [-0.1, -0.05) is 0 Å². The Kier molecular flexibility index (Phi) is 6.45. The lowest BCUT2D eigenvalue weighted by Crippen LogP contribution is -2.47. The molecule has 1 amide bonds. The molecular formula is C18H30N4O3. The van der Waals surface area contributed by atoms with E-state index in [1.54, 1.807) is 6.92 Å². The summed E-state index contributed by atoms with van der Waals surface area (Å²) in [5.41, 5.74) is 0.420. The van der Waals surface area contributed by atoms with E-state index in [2.05, 4.69) is 21.8 Å². The number of amides is 1. The van der Waals surface area contributed by atoms with E-state index in [1.807, 2.05) is 4.90 Å². The fourth-order valence-electron chi connectivity index (χ4n) is 3.59. The third-order valence-electron chi connectivity index (χ3n) is 5.20. The van der Waals surface area contributed by atoms with Crippen LogP contribution in [0, 0.1) is 6.92 Å². The first-order chi connectivity index (χ1) is 12.1. The van der Waals surface area contributed by atoms with Gasteiger partial charge in [-0.3, -0.25) is 4.79 Å². The fraction of sp³-hybridized carbons (Fsp3) is 0.778. The molecule has 25 heavy (non-hydrogen) atoms. The molecule has 0 N–H and O–H groups in total. The summed E-state index contributed by atoms with van der Waals surface area (Å²) in [6.45, 7) is 9.51. The SMILES string of the molecule is Cc1nc(C(=O)N(CCCN2CCN(C)CC2)C2CCOCC2)co1. The summed E-state index contributed by atoms with van der Waals surface area (Å²) in [6, 6.07) is 0.241. The molecule has 0 saturated carbocycles. The van der Waals surface area contributed by atoms with Crippen molar-refractivity contribution in [3.8, 4) is 0 Å². The maximum absolute atomic E-state index is 12.9. The quantitative estimate of drug-likeness (QED) is 0.769. The van der Waals surface area contributed by atoms with E-state index in [0.717, 1.165) is 71.7 Å². The van der Waals surface area contributed by atoms with E-state index in [-0.39, 0.29) is 11.9 Å². The Morgan fingerprint density at radius 3 is 2.64 bits per heavy atom. The van der Waals surface area contributed by atoms with Gasteiger partial charge in [0, 0.05) is 58.9 Å². The molecule has 0 atom stereocenters. The number of aromatic nitrogens is 1. The summed E-state index contributed by atoms with van der Waals surface area (Å²) < 4.78 is 10.7. The van der Waals surface area contributed by atoms with Gasteiger partial charge in [-0.05, 0) is 32.9 Å². The first kappa shape index (κ1) is 18.4. The van der Waals surface area contributed by atoms with E-state index < -0.39 is 0 Å². The minimum absolute atomic E-state index is 0.0119. The third kappa shape index (κ3) is 5.03. The van der Waals surface area contributed by atoms with E-state index in [9.17, 15) is 4.79 Å². The number of hydrogen-bond donors (Lipinski definition) is 0. The molecule has 2 saturated heterocycles. The summed E-state index contributed by atoms with van der Waals surface area (Å²) in [4.78, 5) is 24.0. The molecule has 1 aromatic heterocycles. The Balaban J connectivity index is 1.57. The van der Waals surface area contributed by atoms with Gasteiger partial charge in [0.25, 0.3) is 5.91 Å². The summed E-state index contributed by atoms with van der Waals surface area (Å²) in [5, 5.41) is 0. The van der Waals surface area contributed by atoms with Gasteiger partial charge in [0.2, 0.25) is 0 Å². The zero-order valence-electron chi connectivity index (χ0n) is 15.4. The fourth-order valence-corrected chi connectivity index (χ4v) is 3.59. The number of hydrogen-bond acceptors (Lipinski definition) is 6. The van der Waals surface area contributed by atoms with Crippen molar-refractivity contribution in [3.63, 3.8) is 0 Å². The molecule has 3 rings (SSSR count). The number of oxazole rings is 1. The maximum Gasteiger partial charge on any atom is 0.276 e. The second-order valence-electron chi connectivity index (χ2n) is 7.09. The van der Waals surface area contributed by atoms with E-state index in [1.165, 1.54) is 6.26 Å². The number of aryl methyl sites for hydroxylation is 1. The highest BCUT2D eigenvalue weighted by atomic mass is 16.5. The zero-order valence-corrected chi connectivity index (χ0v) is 15.4. The summed E-state index contributed by atoms with van der Waals surface area (Å²) in [6.07, 6.45) is 4.27. The van der Waals surface area contributed by atoms with Gasteiger partial charge in [0.15, 0.2) is 11.6 Å². The number of piperazine rings is 1. The molecule has 2 fully saturated rings. The number of nitrogens with zero attached hydrogens (tertiary/aromatic N) is 4. The van der Waals surface area contributed by atoms with Crippen LogP contribution >= 0.6 is 0 Å². The minimum atomic E-state index is -0.0119. The molecule has 0 spiro atoms. The molecule has 7 heteroatoms. The predicted octanol–water partition coefficient (Wildman–Crippen LogP) is 1.24. The van der Waals surface area contributed by atoms with Crippen LogP contribution in [-0.2, 0) is 4.74 Å². The Morgan fingerprint density at radius 1 is 1.28 bits per heavy atom. The minimum Gasteiger partial charge on any atom is -0.448 e. The average molecular weight is 350 g/mol. The molecule has 0 radical (unpaired) electrons. The number of rotatable bonds is 6. The smallest absolute Gasteiger partial charge is 0.276 e. The van der Waals surface area contributed by atoms with Crippen molar-refractivity contribution in [2.75, 3.05) is 59.5 Å². The standard InChI is InChI=1S/C18H30N4O3/c1-15-19-17(14-25-15)18(23)22(16-4-12-24-13-5-16)7-3-6-21-10-8-20(2)9-11-21/h14,16H,3-13H2,1-2H3. The highest BCUT2D eigenvalue weighted by molar-refractivity contribution is 5.92. The van der Waals surface area contributed by atoms with Gasteiger partial charge in [0.1, 0.15) is 6.26 Å². The van der Waals surface area contributed by atoms with E-state index in [4.69, 9.17) is 9.15 Å². The Bertz CT molecular complexity index is 548. The molecule has 2 aliphatic heterocycles. The van der Waals surface area contributed by atoms with Gasteiger partial charge < -0.3 is 23.9 Å². The maximum atomic E-state index is 12.9. The van der Waals surface area contributed by atoms with Crippen LogP contribution in [0.2, 0.25) is 0 Å². The van der Waals surface area contributed by atoms with Crippen LogP contribution in [0.25, 0.3) is 0 Å². The number of carbonyl (C=O) groups is 1. The van der Waals surface area contributed by atoms with Crippen molar-refractivity contribution in [2.45, 2.75) is 32.2 Å². The molecule has 140 valence electrons. The summed E-state index contributed by atoms with van der Waals surface area (Å²) in [7, 11) is 2.17. The normalized spacial score (nSPS) is 20.7. The lowest BCUT2D eigenvalue weighted by Gasteiger charge is -2.35. The molecule has 0 unspecified atom stereocenters. The van der Waals surface area contributed by atoms with Gasteiger partial charge in [-0.25, -0.2) is 4.98 Å². The van der Waals surface area contributed by atoms with E-state index >= 15 is 0 Å². The van der Waals surface area contributed by atoms with Crippen molar-refractivity contribution < 1.29 is 13.9 Å². The number of carbonyl (C=O) groups excluding carboxylic acids is 1. The predicted molar refractivity (Wildman–Crippen MR) is 94.7 cm³/mol. The van der Waals surface area contributed by atoms with Crippen LogP contribution in [0.4, 0.5) is 0 Å². The average Bonchev–Trinajstić information content (AvgIpc) is 3.07. The van der Waals surface area contributed by atoms with Gasteiger partial charge >= 0.3 is 0 Å². The van der Waals surface area contributed by atoms with Crippen molar-refractivity contribution in [2.24, 2.45) is 0 Å². The molecule has 0 aliphatic carbocycles. The zero-order chi connectivity index (χ0) is 17.6. The Hall–Kier alpha value is -1.44. The van der Waals surface area contributed by atoms with Crippen molar-refractivity contribution in [1.82, 2.24) is 19.7 Å². The Labute approximate surface area is 149 Å². The van der Waals surface area contributed by atoms with Crippen molar-refractivity contribution >= 4 is 5.91 Å². The Morgan fingerprint density at radius 2 is 2.00 bits per heavy atom. The molecule has 7 nitrogen and oxygen atoms in total. The van der Waals surface area contributed by atoms with Crippen LogP contribution in [-0.4, -0.2) is 91.2 Å². The first-order valence-electron chi connectivity index (χ1n) is 9.35. The topological polar surface area (TPSA) is 62.1 Å². The van der Waals surface area contributed by atoms with Gasteiger partial charge in [-0.15, -0.1) is 0 Å². The van der Waals surface area contributed by atoms with Crippen LogP contribution in [0.15, 0.2) is 10.7 Å².